The molecule has 1 aliphatic carbocycles. The molecule has 1 N–H and O–H groups in total. The van der Waals surface area contributed by atoms with Crippen LogP contribution in [0.2, 0.25) is 0 Å². The highest BCUT2D eigenvalue weighted by Gasteiger charge is 2.63. The molecule has 1 unspecified atom stereocenters. The van der Waals surface area contributed by atoms with Crippen molar-refractivity contribution in [3.8, 4) is 0 Å². The van der Waals surface area contributed by atoms with Crippen molar-refractivity contribution in [1.82, 2.24) is 5.32 Å². The first-order valence-corrected chi connectivity index (χ1v) is 7.17. The molecule has 3 rings (SSSR count). The van der Waals surface area contributed by atoms with E-state index in [4.69, 9.17) is 0 Å². The maximum absolute atomic E-state index is 13.0. The number of alkyl halides is 3. The SMILES string of the molecule is FC(F)(F)C1(NC2CSCc3ccccc32)CC1. The lowest BCUT2D eigenvalue weighted by Gasteiger charge is -2.31. The van der Waals surface area contributed by atoms with Crippen molar-refractivity contribution in [1.29, 1.82) is 0 Å². The second-order valence-corrected chi connectivity index (χ2v) is 6.02. The third-order valence-corrected chi connectivity index (χ3v) is 4.80. The van der Waals surface area contributed by atoms with Gasteiger partial charge >= 0.3 is 6.18 Å². The highest BCUT2D eigenvalue weighted by atomic mass is 32.2. The van der Waals surface area contributed by atoms with Crippen LogP contribution in [0.4, 0.5) is 13.2 Å². The van der Waals surface area contributed by atoms with Crippen LogP contribution in [0.25, 0.3) is 0 Å². The molecule has 0 bridgehead atoms. The van der Waals surface area contributed by atoms with Gasteiger partial charge in [0.1, 0.15) is 5.54 Å². The zero-order valence-corrected chi connectivity index (χ0v) is 10.6. The zero-order valence-electron chi connectivity index (χ0n) is 9.76. The topological polar surface area (TPSA) is 12.0 Å². The van der Waals surface area contributed by atoms with E-state index in [0.717, 1.165) is 22.6 Å². The largest absolute Gasteiger partial charge is 0.406 e. The Hall–Kier alpha value is -0.680. The minimum absolute atomic E-state index is 0.177. The van der Waals surface area contributed by atoms with E-state index in [1.165, 1.54) is 0 Å². The Labute approximate surface area is 108 Å². The standard InChI is InChI=1S/C13H14F3NS/c14-13(15,16)12(5-6-12)17-11-8-18-7-9-3-1-2-4-10(9)11/h1-4,11,17H,5-8H2. The summed E-state index contributed by atoms with van der Waals surface area (Å²) in [5, 5.41) is 2.86. The molecule has 1 aliphatic heterocycles. The molecule has 1 saturated carbocycles. The summed E-state index contributed by atoms with van der Waals surface area (Å²) in [5.74, 6) is 1.61. The number of rotatable bonds is 2. The van der Waals surface area contributed by atoms with Gasteiger partial charge in [-0.25, -0.2) is 0 Å². The third-order valence-electron chi connectivity index (χ3n) is 3.72. The van der Waals surface area contributed by atoms with Crippen LogP contribution in [0.3, 0.4) is 0 Å². The van der Waals surface area contributed by atoms with E-state index in [2.05, 4.69) is 5.32 Å². The summed E-state index contributed by atoms with van der Waals surface area (Å²) in [4.78, 5) is 0. The van der Waals surface area contributed by atoms with Gasteiger partial charge in [0.05, 0.1) is 0 Å². The summed E-state index contributed by atoms with van der Waals surface area (Å²) < 4.78 is 38.9. The lowest BCUT2D eigenvalue weighted by atomic mass is 10.0. The van der Waals surface area contributed by atoms with Gasteiger partial charge in [0.2, 0.25) is 0 Å². The average molecular weight is 273 g/mol. The first kappa shape index (κ1) is 12.4. The van der Waals surface area contributed by atoms with Crippen LogP contribution in [0.15, 0.2) is 24.3 Å². The first-order valence-electron chi connectivity index (χ1n) is 6.02. The van der Waals surface area contributed by atoms with Gasteiger partial charge in [0.25, 0.3) is 0 Å². The van der Waals surface area contributed by atoms with Crippen LogP contribution in [-0.4, -0.2) is 17.5 Å². The van der Waals surface area contributed by atoms with Gasteiger partial charge in [-0.3, -0.25) is 5.32 Å². The van der Waals surface area contributed by atoms with E-state index < -0.39 is 11.7 Å². The Morgan fingerprint density at radius 3 is 2.61 bits per heavy atom. The molecule has 0 radical (unpaired) electrons. The van der Waals surface area contributed by atoms with Crippen LogP contribution in [0.5, 0.6) is 0 Å². The lowest BCUT2D eigenvalue weighted by Crippen LogP contribution is -2.47. The second kappa shape index (κ2) is 4.17. The van der Waals surface area contributed by atoms with Gasteiger partial charge in [0, 0.05) is 17.5 Å². The summed E-state index contributed by atoms with van der Waals surface area (Å²) in [5.41, 5.74) is 0.568. The van der Waals surface area contributed by atoms with Crippen LogP contribution in [-0.2, 0) is 5.75 Å². The summed E-state index contributed by atoms with van der Waals surface area (Å²) >= 11 is 1.69. The number of nitrogens with one attached hydrogen (secondary N) is 1. The van der Waals surface area contributed by atoms with Crippen LogP contribution >= 0.6 is 11.8 Å². The smallest absolute Gasteiger partial charge is 0.296 e. The zero-order chi connectivity index (χ0) is 12.8. The Balaban J connectivity index is 1.83. The van der Waals surface area contributed by atoms with Gasteiger partial charge in [-0.05, 0) is 24.0 Å². The van der Waals surface area contributed by atoms with Crippen molar-refractivity contribution in [2.24, 2.45) is 0 Å². The molecule has 2 aliphatic rings. The van der Waals surface area contributed by atoms with Gasteiger partial charge in [0.15, 0.2) is 0 Å². The summed E-state index contributed by atoms with van der Waals surface area (Å²) in [6.07, 6.45) is -3.72. The highest BCUT2D eigenvalue weighted by molar-refractivity contribution is 7.98. The highest BCUT2D eigenvalue weighted by Crippen LogP contribution is 2.51. The summed E-state index contributed by atoms with van der Waals surface area (Å²) in [6, 6.07) is 7.61. The summed E-state index contributed by atoms with van der Waals surface area (Å²) in [6.45, 7) is 0. The van der Waals surface area contributed by atoms with Crippen molar-refractivity contribution < 1.29 is 13.2 Å². The molecule has 1 atom stereocenters. The number of thioether (sulfide) groups is 1. The summed E-state index contributed by atoms with van der Waals surface area (Å²) in [7, 11) is 0. The molecule has 1 heterocycles. The molecular weight excluding hydrogens is 259 g/mol. The van der Waals surface area contributed by atoms with Gasteiger partial charge < -0.3 is 0 Å². The van der Waals surface area contributed by atoms with E-state index in [9.17, 15) is 13.2 Å². The van der Waals surface area contributed by atoms with E-state index in [1.807, 2.05) is 24.3 Å². The molecule has 98 valence electrons. The van der Waals surface area contributed by atoms with E-state index in [-0.39, 0.29) is 18.9 Å². The van der Waals surface area contributed by atoms with E-state index >= 15 is 0 Å². The van der Waals surface area contributed by atoms with Crippen molar-refractivity contribution >= 4 is 11.8 Å². The van der Waals surface area contributed by atoms with Gasteiger partial charge in [-0.15, -0.1) is 0 Å². The molecule has 18 heavy (non-hydrogen) atoms. The number of hydrogen-bond acceptors (Lipinski definition) is 2. The maximum atomic E-state index is 13.0. The molecular formula is C13H14F3NS. The monoisotopic (exact) mass is 273 g/mol. The fourth-order valence-electron chi connectivity index (χ4n) is 2.47. The van der Waals surface area contributed by atoms with Gasteiger partial charge in [-0.1, -0.05) is 24.3 Å². The van der Waals surface area contributed by atoms with Crippen molar-refractivity contribution in [2.75, 3.05) is 5.75 Å². The van der Waals surface area contributed by atoms with Crippen molar-refractivity contribution in [3.63, 3.8) is 0 Å². The molecule has 1 nitrogen and oxygen atoms in total. The third kappa shape index (κ3) is 2.03. The molecule has 0 aromatic heterocycles. The second-order valence-electron chi connectivity index (χ2n) is 4.99. The normalized spacial score (nSPS) is 25.6. The molecule has 1 fully saturated rings. The fraction of sp³-hybridized carbons (Fsp3) is 0.538. The molecule has 0 amide bonds. The Morgan fingerprint density at radius 2 is 1.94 bits per heavy atom. The van der Waals surface area contributed by atoms with E-state index in [0.29, 0.717) is 0 Å². The Kier molecular flexibility index (Phi) is 2.86. The molecule has 5 heteroatoms. The minimum Gasteiger partial charge on any atom is -0.296 e. The Morgan fingerprint density at radius 1 is 1.22 bits per heavy atom. The predicted molar refractivity (Wildman–Crippen MR) is 66.5 cm³/mol. The fourth-order valence-corrected chi connectivity index (χ4v) is 3.57. The van der Waals surface area contributed by atoms with Crippen LogP contribution < -0.4 is 5.32 Å². The Bertz CT molecular complexity index is 454. The number of hydrogen-bond donors (Lipinski definition) is 1. The maximum Gasteiger partial charge on any atom is 0.406 e. The minimum atomic E-state index is -4.13. The molecule has 1 aromatic carbocycles. The molecule has 0 saturated heterocycles. The van der Waals surface area contributed by atoms with Crippen LogP contribution in [0.1, 0.15) is 30.0 Å². The molecule has 0 spiro atoms. The lowest BCUT2D eigenvalue weighted by molar-refractivity contribution is -0.167. The quantitative estimate of drug-likeness (QED) is 0.882. The predicted octanol–water partition coefficient (Wildman–Crippen LogP) is 3.66. The van der Waals surface area contributed by atoms with Crippen molar-refractivity contribution in [2.45, 2.75) is 36.4 Å². The van der Waals surface area contributed by atoms with Gasteiger partial charge in [-0.2, -0.15) is 24.9 Å². The number of halogens is 3. The molecule has 1 aromatic rings. The first-order chi connectivity index (χ1) is 8.52. The van der Waals surface area contributed by atoms with Crippen LogP contribution in [0, 0.1) is 0 Å². The average Bonchev–Trinajstić information content (AvgIpc) is 3.10. The number of fused-ring (bicyclic) bond motifs is 1. The van der Waals surface area contributed by atoms with Crippen molar-refractivity contribution in [3.05, 3.63) is 35.4 Å². The number of benzene rings is 1. The van der Waals surface area contributed by atoms with E-state index in [1.54, 1.807) is 11.8 Å².